The SMILES string of the molecule is Cc1ccc([N+](=O)[O-])cc1NC(=O)CC1CSCCN1. The van der Waals surface area contributed by atoms with Crippen molar-refractivity contribution in [3.05, 3.63) is 33.9 Å². The normalized spacial score (nSPS) is 18.6. The van der Waals surface area contributed by atoms with E-state index < -0.39 is 4.92 Å². The van der Waals surface area contributed by atoms with Gasteiger partial charge >= 0.3 is 0 Å². The van der Waals surface area contributed by atoms with Crippen LogP contribution in [-0.4, -0.2) is 34.9 Å². The highest BCUT2D eigenvalue weighted by atomic mass is 32.2. The second kappa shape index (κ2) is 6.71. The zero-order valence-corrected chi connectivity index (χ0v) is 12.0. The number of nitro groups is 1. The van der Waals surface area contributed by atoms with Gasteiger partial charge in [0.15, 0.2) is 0 Å². The van der Waals surface area contributed by atoms with Gasteiger partial charge < -0.3 is 10.6 Å². The van der Waals surface area contributed by atoms with Gasteiger partial charge in [-0.15, -0.1) is 0 Å². The lowest BCUT2D eigenvalue weighted by Gasteiger charge is -2.22. The van der Waals surface area contributed by atoms with Gasteiger partial charge in [-0.3, -0.25) is 14.9 Å². The van der Waals surface area contributed by atoms with Crippen LogP contribution >= 0.6 is 11.8 Å². The van der Waals surface area contributed by atoms with E-state index in [1.807, 2.05) is 18.7 Å². The Morgan fingerprint density at radius 3 is 3.05 bits per heavy atom. The maximum Gasteiger partial charge on any atom is 0.271 e. The molecule has 20 heavy (non-hydrogen) atoms. The van der Waals surface area contributed by atoms with Crippen LogP contribution in [0.25, 0.3) is 0 Å². The van der Waals surface area contributed by atoms with E-state index in [0.29, 0.717) is 12.1 Å². The minimum absolute atomic E-state index is 0.0164. The van der Waals surface area contributed by atoms with Gasteiger partial charge in [0.05, 0.1) is 10.6 Å². The molecule has 0 aliphatic carbocycles. The number of hydrogen-bond acceptors (Lipinski definition) is 5. The lowest BCUT2D eigenvalue weighted by Crippen LogP contribution is -2.39. The van der Waals surface area contributed by atoms with Crippen molar-refractivity contribution in [1.82, 2.24) is 5.32 Å². The lowest BCUT2D eigenvalue weighted by atomic mass is 10.1. The van der Waals surface area contributed by atoms with Crippen molar-refractivity contribution >= 4 is 29.0 Å². The van der Waals surface area contributed by atoms with Crippen LogP contribution in [0.5, 0.6) is 0 Å². The Balaban J connectivity index is 1.99. The molecule has 1 fully saturated rings. The van der Waals surface area contributed by atoms with Crippen LogP contribution in [0, 0.1) is 17.0 Å². The van der Waals surface area contributed by atoms with Crippen molar-refractivity contribution in [2.75, 3.05) is 23.4 Å². The minimum atomic E-state index is -0.464. The first-order valence-corrected chi connectivity index (χ1v) is 7.58. The largest absolute Gasteiger partial charge is 0.326 e. The van der Waals surface area contributed by atoms with Gasteiger partial charge in [0, 0.05) is 42.6 Å². The van der Waals surface area contributed by atoms with Crippen LogP contribution in [0.15, 0.2) is 18.2 Å². The Morgan fingerprint density at radius 2 is 2.40 bits per heavy atom. The van der Waals surface area contributed by atoms with Crippen LogP contribution in [-0.2, 0) is 4.79 Å². The molecule has 1 saturated heterocycles. The molecule has 1 amide bonds. The quantitative estimate of drug-likeness (QED) is 0.655. The highest BCUT2D eigenvalue weighted by Crippen LogP contribution is 2.22. The van der Waals surface area contributed by atoms with Gasteiger partial charge in [0.1, 0.15) is 0 Å². The van der Waals surface area contributed by atoms with Crippen molar-refractivity contribution < 1.29 is 9.72 Å². The van der Waals surface area contributed by atoms with Crippen molar-refractivity contribution in [2.24, 2.45) is 0 Å². The molecular formula is C13H17N3O3S. The molecule has 7 heteroatoms. The van der Waals surface area contributed by atoms with E-state index >= 15 is 0 Å². The Bertz CT molecular complexity index is 516. The number of rotatable bonds is 4. The second-order valence-corrected chi connectivity index (χ2v) is 5.88. The summed E-state index contributed by atoms with van der Waals surface area (Å²) in [5, 5.41) is 16.8. The van der Waals surface area contributed by atoms with Gasteiger partial charge in [-0.2, -0.15) is 11.8 Å². The molecule has 1 aromatic rings. The number of amides is 1. The summed E-state index contributed by atoms with van der Waals surface area (Å²) in [4.78, 5) is 22.3. The van der Waals surface area contributed by atoms with Gasteiger partial charge in [0.25, 0.3) is 5.69 Å². The standard InChI is InChI=1S/C13H17N3O3S/c1-9-2-3-11(16(18)19)7-12(9)15-13(17)6-10-8-20-5-4-14-10/h2-3,7,10,14H,4-6,8H2,1H3,(H,15,17). The average molecular weight is 295 g/mol. The molecule has 0 spiro atoms. The Kier molecular flexibility index (Phi) is 4.97. The number of non-ortho nitro benzene ring substituents is 1. The third-order valence-electron chi connectivity index (χ3n) is 3.14. The molecule has 1 aliphatic heterocycles. The maximum absolute atomic E-state index is 12.0. The average Bonchev–Trinajstić information content (AvgIpc) is 2.42. The van der Waals surface area contributed by atoms with E-state index in [9.17, 15) is 14.9 Å². The summed E-state index contributed by atoms with van der Waals surface area (Å²) in [6.07, 6.45) is 0.384. The number of carbonyl (C=O) groups is 1. The molecule has 0 aromatic heterocycles. The molecule has 1 atom stereocenters. The minimum Gasteiger partial charge on any atom is -0.326 e. The molecule has 0 saturated carbocycles. The third-order valence-corrected chi connectivity index (χ3v) is 4.27. The van der Waals surface area contributed by atoms with Crippen LogP contribution in [0.4, 0.5) is 11.4 Å². The molecule has 1 aliphatic rings. The summed E-state index contributed by atoms with van der Waals surface area (Å²) < 4.78 is 0. The zero-order chi connectivity index (χ0) is 14.5. The Morgan fingerprint density at radius 1 is 1.60 bits per heavy atom. The number of carbonyl (C=O) groups excluding carboxylic acids is 1. The van der Waals surface area contributed by atoms with Crippen molar-refractivity contribution in [2.45, 2.75) is 19.4 Å². The summed E-state index contributed by atoms with van der Waals surface area (Å²) in [6.45, 7) is 2.73. The monoisotopic (exact) mass is 295 g/mol. The molecule has 1 aromatic carbocycles. The van der Waals surface area contributed by atoms with E-state index in [1.54, 1.807) is 6.07 Å². The molecule has 108 valence electrons. The van der Waals surface area contributed by atoms with Crippen LogP contribution in [0.2, 0.25) is 0 Å². The van der Waals surface area contributed by atoms with Gasteiger partial charge in [0.2, 0.25) is 5.91 Å². The van der Waals surface area contributed by atoms with E-state index in [4.69, 9.17) is 0 Å². The molecule has 1 heterocycles. The van der Waals surface area contributed by atoms with E-state index in [1.165, 1.54) is 12.1 Å². The fourth-order valence-corrected chi connectivity index (χ4v) is 2.98. The summed E-state index contributed by atoms with van der Waals surface area (Å²) in [5.74, 6) is 1.87. The molecule has 0 radical (unpaired) electrons. The fourth-order valence-electron chi connectivity index (χ4n) is 2.03. The zero-order valence-electron chi connectivity index (χ0n) is 11.2. The van der Waals surface area contributed by atoms with E-state index in [2.05, 4.69) is 10.6 Å². The highest BCUT2D eigenvalue weighted by molar-refractivity contribution is 7.99. The molecule has 2 N–H and O–H groups in total. The smallest absolute Gasteiger partial charge is 0.271 e. The van der Waals surface area contributed by atoms with E-state index in [-0.39, 0.29) is 17.6 Å². The molecular weight excluding hydrogens is 278 g/mol. The molecule has 2 rings (SSSR count). The van der Waals surface area contributed by atoms with Crippen molar-refractivity contribution in [1.29, 1.82) is 0 Å². The molecule has 1 unspecified atom stereocenters. The van der Waals surface area contributed by atoms with Gasteiger partial charge in [-0.1, -0.05) is 6.07 Å². The topological polar surface area (TPSA) is 84.3 Å². The number of hydrogen-bond donors (Lipinski definition) is 2. The number of nitrogens with zero attached hydrogens (tertiary/aromatic N) is 1. The number of anilines is 1. The summed E-state index contributed by atoms with van der Waals surface area (Å²) in [5.41, 5.74) is 1.31. The van der Waals surface area contributed by atoms with Crippen LogP contribution < -0.4 is 10.6 Å². The number of thioether (sulfide) groups is 1. The van der Waals surface area contributed by atoms with Gasteiger partial charge in [-0.05, 0) is 12.5 Å². The highest BCUT2D eigenvalue weighted by Gasteiger charge is 2.18. The predicted octanol–water partition coefficient (Wildman–Crippen LogP) is 1.94. The van der Waals surface area contributed by atoms with Crippen molar-refractivity contribution in [3.63, 3.8) is 0 Å². The predicted molar refractivity (Wildman–Crippen MR) is 80.2 cm³/mol. The Hall–Kier alpha value is -1.60. The second-order valence-electron chi connectivity index (χ2n) is 4.73. The number of nitrogens with one attached hydrogen (secondary N) is 2. The summed E-state index contributed by atoms with van der Waals surface area (Å²) >= 11 is 1.83. The molecule has 0 bridgehead atoms. The number of benzene rings is 1. The maximum atomic E-state index is 12.0. The van der Waals surface area contributed by atoms with E-state index in [0.717, 1.165) is 23.6 Å². The Labute approximate surface area is 121 Å². The first kappa shape index (κ1) is 14.8. The summed E-state index contributed by atoms with van der Waals surface area (Å²) in [7, 11) is 0. The number of aryl methyl sites for hydroxylation is 1. The first-order chi connectivity index (χ1) is 9.56. The third kappa shape index (κ3) is 3.94. The van der Waals surface area contributed by atoms with Crippen LogP contribution in [0.3, 0.4) is 0 Å². The van der Waals surface area contributed by atoms with Crippen molar-refractivity contribution in [3.8, 4) is 0 Å². The fraction of sp³-hybridized carbons (Fsp3) is 0.462. The summed E-state index contributed by atoms with van der Waals surface area (Å²) in [6, 6.07) is 4.65. The molecule has 6 nitrogen and oxygen atoms in total. The first-order valence-electron chi connectivity index (χ1n) is 6.42. The van der Waals surface area contributed by atoms with Gasteiger partial charge in [-0.25, -0.2) is 0 Å². The lowest BCUT2D eigenvalue weighted by molar-refractivity contribution is -0.384. The number of nitro benzene ring substituents is 1. The van der Waals surface area contributed by atoms with Crippen LogP contribution in [0.1, 0.15) is 12.0 Å².